The van der Waals surface area contributed by atoms with E-state index >= 15 is 0 Å². The number of thioether (sulfide) groups is 1. The van der Waals surface area contributed by atoms with E-state index in [1.54, 1.807) is 18.7 Å². The molecule has 0 unspecified atom stereocenters. The van der Waals surface area contributed by atoms with E-state index in [1.807, 2.05) is 60.9 Å². The van der Waals surface area contributed by atoms with Crippen molar-refractivity contribution in [3.63, 3.8) is 0 Å². The van der Waals surface area contributed by atoms with Gasteiger partial charge in [0.2, 0.25) is 0 Å². The smallest absolute Gasteiger partial charge is 0.407 e. The zero-order valence-electron chi connectivity index (χ0n) is 15.4. The standard InChI is InChI=1S/C21H23NO4S/c1-3-25-20(23)13-18(17-9-11-19(27-2)12-10-17)14-22-21(24)26-15-16-7-5-4-6-8-16/h4-13H,3,14-15H2,1-2H3,(H,22,24)/b18-13+. The predicted octanol–water partition coefficient (Wildman–Crippen LogP) is 4.28. The lowest BCUT2D eigenvalue weighted by molar-refractivity contribution is -0.137. The summed E-state index contributed by atoms with van der Waals surface area (Å²) in [5.41, 5.74) is 2.39. The average molecular weight is 385 g/mol. The van der Waals surface area contributed by atoms with Crippen LogP contribution in [0.4, 0.5) is 4.79 Å². The zero-order valence-corrected chi connectivity index (χ0v) is 16.3. The van der Waals surface area contributed by atoms with Gasteiger partial charge in [0.25, 0.3) is 0 Å². The Morgan fingerprint density at radius 1 is 1.04 bits per heavy atom. The van der Waals surface area contributed by atoms with E-state index in [1.165, 1.54) is 6.08 Å². The summed E-state index contributed by atoms with van der Waals surface area (Å²) in [4.78, 5) is 25.0. The summed E-state index contributed by atoms with van der Waals surface area (Å²) in [7, 11) is 0. The van der Waals surface area contributed by atoms with Gasteiger partial charge in [-0.25, -0.2) is 9.59 Å². The van der Waals surface area contributed by atoms with Crippen LogP contribution in [0.3, 0.4) is 0 Å². The van der Waals surface area contributed by atoms with Crippen LogP contribution in [0.15, 0.2) is 65.6 Å². The second-order valence-electron chi connectivity index (χ2n) is 5.57. The lowest BCUT2D eigenvalue weighted by atomic mass is 10.1. The molecule has 142 valence electrons. The first-order chi connectivity index (χ1) is 13.1. The number of amides is 1. The highest BCUT2D eigenvalue weighted by molar-refractivity contribution is 7.98. The summed E-state index contributed by atoms with van der Waals surface area (Å²) in [5.74, 6) is -0.444. The molecule has 0 fully saturated rings. The second-order valence-corrected chi connectivity index (χ2v) is 6.45. The van der Waals surface area contributed by atoms with Gasteiger partial charge in [-0.1, -0.05) is 42.5 Å². The number of hydrogen-bond donors (Lipinski definition) is 1. The molecule has 0 bridgehead atoms. The number of esters is 1. The summed E-state index contributed by atoms with van der Waals surface area (Å²) >= 11 is 1.63. The van der Waals surface area contributed by atoms with Gasteiger partial charge < -0.3 is 14.8 Å². The van der Waals surface area contributed by atoms with E-state index in [2.05, 4.69) is 5.32 Å². The molecule has 2 aromatic rings. The molecule has 0 spiro atoms. The molecular weight excluding hydrogens is 362 g/mol. The molecule has 0 aromatic heterocycles. The van der Waals surface area contributed by atoms with Crippen LogP contribution in [0.5, 0.6) is 0 Å². The number of hydrogen-bond acceptors (Lipinski definition) is 5. The summed E-state index contributed by atoms with van der Waals surface area (Å²) in [6.07, 6.45) is 2.85. The second kappa shape index (κ2) is 11.1. The molecule has 2 rings (SSSR count). The molecule has 5 nitrogen and oxygen atoms in total. The number of benzene rings is 2. The van der Waals surface area contributed by atoms with E-state index in [9.17, 15) is 9.59 Å². The van der Waals surface area contributed by atoms with Crippen LogP contribution < -0.4 is 5.32 Å². The molecule has 0 saturated carbocycles. The van der Waals surface area contributed by atoms with Gasteiger partial charge >= 0.3 is 12.1 Å². The Morgan fingerprint density at radius 3 is 2.37 bits per heavy atom. The molecule has 27 heavy (non-hydrogen) atoms. The van der Waals surface area contributed by atoms with Crippen molar-refractivity contribution in [2.75, 3.05) is 19.4 Å². The van der Waals surface area contributed by atoms with Gasteiger partial charge in [-0.3, -0.25) is 0 Å². The third kappa shape index (κ3) is 7.19. The minimum atomic E-state index is -0.547. The largest absolute Gasteiger partial charge is 0.463 e. The zero-order chi connectivity index (χ0) is 19.5. The number of carbonyl (C=O) groups is 2. The molecule has 0 aliphatic carbocycles. The highest BCUT2D eigenvalue weighted by atomic mass is 32.2. The number of carbonyl (C=O) groups excluding carboxylic acids is 2. The normalized spacial score (nSPS) is 11.0. The third-order valence-electron chi connectivity index (χ3n) is 3.68. The van der Waals surface area contributed by atoms with Gasteiger partial charge in [-0.15, -0.1) is 11.8 Å². The van der Waals surface area contributed by atoms with Crippen LogP contribution in [-0.2, 0) is 20.9 Å². The number of alkyl carbamates (subject to hydrolysis) is 1. The molecule has 0 heterocycles. The molecule has 1 N–H and O–H groups in total. The quantitative estimate of drug-likeness (QED) is 0.417. The molecule has 0 radical (unpaired) electrons. The average Bonchev–Trinajstić information content (AvgIpc) is 2.70. The van der Waals surface area contributed by atoms with Gasteiger partial charge in [-0.05, 0) is 42.0 Å². The molecule has 2 aromatic carbocycles. The fraction of sp³-hybridized carbons (Fsp3) is 0.238. The summed E-state index contributed by atoms with van der Waals surface area (Å²) in [5, 5.41) is 2.69. The molecule has 0 saturated heterocycles. The minimum Gasteiger partial charge on any atom is -0.463 e. The van der Waals surface area contributed by atoms with E-state index in [4.69, 9.17) is 9.47 Å². The van der Waals surface area contributed by atoms with E-state index < -0.39 is 12.1 Å². The van der Waals surface area contributed by atoms with Crippen molar-refractivity contribution >= 4 is 29.4 Å². The van der Waals surface area contributed by atoms with Crippen LogP contribution >= 0.6 is 11.8 Å². The molecule has 1 amide bonds. The highest BCUT2D eigenvalue weighted by Crippen LogP contribution is 2.20. The maximum atomic E-state index is 12.0. The van der Waals surface area contributed by atoms with Crippen molar-refractivity contribution in [1.82, 2.24) is 5.32 Å². The predicted molar refractivity (Wildman–Crippen MR) is 107 cm³/mol. The highest BCUT2D eigenvalue weighted by Gasteiger charge is 2.09. The fourth-order valence-electron chi connectivity index (χ4n) is 2.31. The Kier molecular flexibility index (Phi) is 8.45. The number of nitrogens with one attached hydrogen (secondary N) is 1. The van der Waals surface area contributed by atoms with Crippen molar-refractivity contribution in [1.29, 1.82) is 0 Å². The maximum Gasteiger partial charge on any atom is 0.407 e. The lowest BCUT2D eigenvalue weighted by Gasteiger charge is -2.11. The Bertz CT molecular complexity index is 773. The van der Waals surface area contributed by atoms with Gasteiger partial charge in [0.1, 0.15) is 6.61 Å². The maximum absolute atomic E-state index is 12.0. The Labute approximate surface area is 163 Å². The first kappa shape index (κ1) is 20.6. The van der Waals surface area contributed by atoms with Crippen LogP contribution in [0, 0.1) is 0 Å². The topological polar surface area (TPSA) is 64.6 Å². The van der Waals surface area contributed by atoms with Crippen molar-refractivity contribution in [2.45, 2.75) is 18.4 Å². The van der Waals surface area contributed by atoms with Crippen LogP contribution in [0.1, 0.15) is 18.1 Å². The van der Waals surface area contributed by atoms with Gasteiger partial charge in [0.15, 0.2) is 0 Å². The SMILES string of the molecule is CCOC(=O)/C=C(\CNC(=O)OCc1ccccc1)c1ccc(SC)cc1. The lowest BCUT2D eigenvalue weighted by Crippen LogP contribution is -2.26. The monoisotopic (exact) mass is 385 g/mol. The van der Waals surface area contributed by atoms with Gasteiger partial charge in [0, 0.05) is 17.5 Å². The summed E-state index contributed by atoms with van der Waals surface area (Å²) in [6, 6.07) is 17.2. The number of rotatable bonds is 8. The molecule has 0 aliphatic heterocycles. The van der Waals surface area contributed by atoms with E-state index in [-0.39, 0.29) is 13.2 Å². The Hall–Kier alpha value is -2.73. The first-order valence-electron chi connectivity index (χ1n) is 8.58. The van der Waals surface area contributed by atoms with E-state index in [0.717, 1.165) is 16.0 Å². The van der Waals surface area contributed by atoms with Crippen molar-refractivity contribution in [2.24, 2.45) is 0 Å². The van der Waals surface area contributed by atoms with Crippen molar-refractivity contribution in [3.05, 3.63) is 71.8 Å². The third-order valence-corrected chi connectivity index (χ3v) is 4.42. The van der Waals surface area contributed by atoms with Crippen molar-refractivity contribution in [3.8, 4) is 0 Å². The van der Waals surface area contributed by atoms with Crippen LogP contribution in [0.2, 0.25) is 0 Å². The Morgan fingerprint density at radius 2 is 1.74 bits per heavy atom. The van der Waals surface area contributed by atoms with Crippen LogP contribution in [0.25, 0.3) is 5.57 Å². The molecule has 6 heteroatoms. The van der Waals surface area contributed by atoms with E-state index in [0.29, 0.717) is 12.2 Å². The Balaban J connectivity index is 2.00. The van der Waals surface area contributed by atoms with Gasteiger partial charge in [-0.2, -0.15) is 0 Å². The van der Waals surface area contributed by atoms with Crippen molar-refractivity contribution < 1.29 is 19.1 Å². The molecule has 0 atom stereocenters. The fourth-order valence-corrected chi connectivity index (χ4v) is 2.72. The van der Waals surface area contributed by atoms with Crippen LogP contribution in [-0.4, -0.2) is 31.5 Å². The summed E-state index contributed by atoms with van der Waals surface area (Å²) in [6.45, 7) is 2.38. The summed E-state index contributed by atoms with van der Waals surface area (Å²) < 4.78 is 10.2. The number of ether oxygens (including phenoxy) is 2. The molecule has 0 aliphatic rings. The first-order valence-corrected chi connectivity index (χ1v) is 9.81. The minimum absolute atomic E-state index is 0.158. The van der Waals surface area contributed by atoms with Gasteiger partial charge in [0.05, 0.1) is 6.61 Å². The molecular formula is C21H23NO4S.